The fraction of sp³-hybridized carbons (Fsp3) is 1.00. The molecular formula is C6H13O2Si. The Morgan fingerprint density at radius 2 is 2.56 bits per heavy atom. The van der Waals surface area contributed by atoms with E-state index in [-0.39, 0.29) is 0 Å². The van der Waals surface area contributed by atoms with Crippen LogP contribution in [0.4, 0.5) is 0 Å². The van der Waals surface area contributed by atoms with Gasteiger partial charge in [-0.25, -0.2) is 0 Å². The summed E-state index contributed by atoms with van der Waals surface area (Å²) >= 11 is 0. The minimum atomic E-state index is -0.586. The van der Waals surface area contributed by atoms with E-state index >= 15 is 0 Å². The maximum Gasteiger partial charge on any atom is 0.214 e. The maximum absolute atomic E-state index is 9.01. The van der Waals surface area contributed by atoms with Gasteiger partial charge < -0.3 is 9.53 Å². The number of aliphatic hydroxyl groups is 1. The van der Waals surface area contributed by atoms with Crippen molar-refractivity contribution in [1.82, 2.24) is 0 Å². The summed E-state index contributed by atoms with van der Waals surface area (Å²) in [5.74, 6) is 0. The van der Waals surface area contributed by atoms with Gasteiger partial charge in [-0.2, -0.15) is 0 Å². The summed E-state index contributed by atoms with van der Waals surface area (Å²) < 4.78 is 5.29. The zero-order valence-corrected chi connectivity index (χ0v) is 6.76. The van der Waals surface area contributed by atoms with Crippen molar-refractivity contribution in [3.8, 4) is 0 Å². The molecular weight excluding hydrogens is 132 g/mol. The molecule has 1 rings (SSSR count). The SMILES string of the molecule is CC[Si]1CCCC(O)O1. The first-order valence-electron chi connectivity index (χ1n) is 3.52. The summed E-state index contributed by atoms with van der Waals surface area (Å²) in [5, 5.41) is 9.01. The zero-order chi connectivity index (χ0) is 6.69. The van der Waals surface area contributed by atoms with Gasteiger partial charge in [0.05, 0.1) is 0 Å². The van der Waals surface area contributed by atoms with E-state index in [1.165, 1.54) is 6.04 Å². The van der Waals surface area contributed by atoms with Crippen LogP contribution >= 0.6 is 0 Å². The highest BCUT2D eigenvalue weighted by atomic mass is 28.3. The molecule has 1 atom stereocenters. The summed E-state index contributed by atoms with van der Waals surface area (Å²) in [6, 6.07) is 2.35. The molecule has 53 valence electrons. The van der Waals surface area contributed by atoms with Crippen LogP contribution in [0.5, 0.6) is 0 Å². The lowest BCUT2D eigenvalue weighted by Gasteiger charge is -2.23. The quantitative estimate of drug-likeness (QED) is 0.560. The highest BCUT2D eigenvalue weighted by Gasteiger charge is 2.20. The molecule has 9 heavy (non-hydrogen) atoms. The number of aliphatic hydroxyl groups excluding tert-OH is 1. The fourth-order valence-electron chi connectivity index (χ4n) is 1.04. The Morgan fingerprint density at radius 3 is 3.00 bits per heavy atom. The van der Waals surface area contributed by atoms with Gasteiger partial charge in [0.15, 0.2) is 0 Å². The summed E-state index contributed by atoms with van der Waals surface area (Å²) in [6.45, 7) is 2.13. The van der Waals surface area contributed by atoms with Crippen LogP contribution < -0.4 is 0 Å². The summed E-state index contributed by atoms with van der Waals surface area (Å²) in [7, 11) is -0.586. The minimum absolute atomic E-state index is 0.437. The Morgan fingerprint density at radius 1 is 1.78 bits per heavy atom. The first kappa shape index (κ1) is 7.25. The molecule has 1 aliphatic heterocycles. The summed E-state index contributed by atoms with van der Waals surface area (Å²) in [6.07, 6.45) is 1.56. The maximum atomic E-state index is 9.01. The second-order valence-corrected chi connectivity index (χ2v) is 4.88. The Bertz CT molecular complexity index is 87.1. The van der Waals surface area contributed by atoms with Crippen LogP contribution in [0, 0.1) is 0 Å². The standard InChI is InChI=1S/C6H13O2Si/c1-2-9-5-3-4-6(7)8-9/h6-7H,2-5H2,1H3. The van der Waals surface area contributed by atoms with Crippen LogP contribution in [0.15, 0.2) is 0 Å². The van der Waals surface area contributed by atoms with E-state index in [1.807, 2.05) is 0 Å². The van der Waals surface area contributed by atoms with Crippen molar-refractivity contribution in [3.05, 3.63) is 0 Å². The smallest absolute Gasteiger partial charge is 0.214 e. The van der Waals surface area contributed by atoms with Gasteiger partial charge in [-0.3, -0.25) is 0 Å². The van der Waals surface area contributed by atoms with Crippen LogP contribution in [0.1, 0.15) is 19.8 Å². The lowest BCUT2D eigenvalue weighted by Crippen LogP contribution is -2.29. The van der Waals surface area contributed by atoms with E-state index in [9.17, 15) is 0 Å². The van der Waals surface area contributed by atoms with E-state index in [0.29, 0.717) is 0 Å². The largest absolute Gasteiger partial charge is 0.392 e. The molecule has 1 unspecified atom stereocenters. The lowest BCUT2D eigenvalue weighted by molar-refractivity contribution is -0.0359. The second-order valence-electron chi connectivity index (χ2n) is 2.36. The van der Waals surface area contributed by atoms with Gasteiger partial charge >= 0.3 is 0 Å². The van der Waals surface area contributed by atoms with E-state index < -0.39 is 15.3 Å². The highest BCUT2D eigenvalue weighted by molar-refractivity contribution is 6.51. The van der Waals surface area contributed by atoms with Crippen molar-refractivity contribution in [2.75, 3.05) is 0 Å². The van der Waals surface area contributed by atoms with Crippen molar-refractivity contribution in [2.45, 2.75) is 38.1 Å². The Hall–Kier alpha value is 0.137. The molecule has 3 heteroatoms. The minimum Gasteiger partial charge on any atom is -0.392 e. The highest BCUT2D eigenvalue weighted by Crippen LogP contribution is 2.17. The second kappa shape index (κ2) is 3.34. The molecule has 0 amide bonds. The monoisotopic (exact) mass is 145 g/mol. The predicted octanol–water partition coefficient (Wildman–Crippen LogP) is 1.13. The summed E-state index contributed by atoms with van der Waals surface area (Å²) in [5.41, 5.74) is 0. The summed E-state index contributed by atoms with van der Waals surface area (Å²) in [4.78, 5) is 0. The van der Waals surface area contributed by atoms with Crippen LogP contribution in [-0.2, 0) is 4.43 Å². The van der Waals surface area contributed by atoms with Gasteiger partial charge in [0, 0.05) is 0 Å². The number of rotatable bonds is 1. The normalized spacial score (nSPS) is 30.7. The Labute approximate surface area is 57.6 Å². The third-order valence-electron chi connectivity index (χ3n) is 1.60. The molecule has 0 aromatic carbocycles. The molecule has 2 nitrogen and oxygen atoms in total. The van der Waals surface area contributed by atoms with Crippen LogP contribution in [0.2, 0.25) is 12.1 Å². The predicted molar refractivity (Wildman–Crippen MR) is 37.4 cm³/mol. The first-order valence-corrected chi connectivity index (χ1v) is 5.34. The molecule has 1 saturated heterocycles. The third kappa shape index (κ3) is 2.08. The Balaban J connectivity index is 2.23. The molecule has 0 bridgehead atoms. The van der Waals surface area contributed by atoms with Gasteiger partial charge in [-0.05, 0) is 24.9 Å². The van der Waals surface area contributed by atoms with Crippen LogP contribution in [0.3, 0.4) is 0 Å². The number of hydrogen-bond donors (Lipinski definition) is 1. The molecule has 1 aliphatic rings. The molecule has 1 N–H and O–H groups in total. The van der Waals surface area contributed by atoms with Gasteiger partial charge in [-0.1, -0.05) is 6.92 Å². The first-order chi connectivity index (χ1) is 4.33. The van der Waals surface area contributed by atoms with Crippen molar-refractivity contribution in [2.24, 2.45) is 0 Å². The Kier molecular flexibility index (Phi) is 2.69. The fourth-order valence-corrected chi connectivity index (χ4v) is 2.78. The van der Waals surface area contributed by atoms with Gasteiger partial charge in [0.1, 0.15) is 6.29 Å². The van der Waals surface area contributed by atoms with Crippen molar-refractivity contribution < 1.29 is 9.53 Å². The van der Waals surface area contributed by atoms with E-state index in [4.69, 9.17) is 9.53 Å². The average molecular weight is 145 g/mol. The molecule has 0 saturated carbocycles. The third-order valence-corrected chi connectivity index (χ3v) is 3.91. The van der Waals surface area contributed by atoms with Crippen molar-refractivity contribution in [1.29, 1.82) is 0 Å². The number of hydrogen-bond acceptors (Lipinski definition) is 2. The molecule has 0 aromatic heterocycles. The van der Waals surface area contributed by atoms with Crippen LogP contribution in [0.25, 0.3) is 0 Å². The lowest BCUT2D eigenvalue weighted by atomic mass is 10.3. The topological polar surface area (TPSA) is 29.5 Å². The van der Waals surface area contributed by atoms with E-state index in [1.54, 1.807) is 0 Å². The molecule has 0 aromatic rings. The van der Waals surface area contributed by atoms with Crippen LogP contribution in [-0.4, -0.2) is 20.4 Å². The van der Waals surface area contributed by atoms with Gasteiger partial charge in [-0.15, -0.1) is 0 Å². The molecule has 1 fully saturated rings. The van der Waals surface area contributed by atoms with Gasteiger partial charge in [0.2, 0.25) is 9.04 Å². The zero-order valence-electron chi connectivity index (χ0n) is 5.76. The van der Waals surface area contributed by atoms with E-state index in [2.05, 4.69) is 6.92 Å². The van der Waals surface area contributed by atoms with Crippen molar-refractivity contribution >= 4 is 9.04 Å². The molecule has 1 radical (unpaired) electrons. The van der Waals surface area contributed by atoms with Gasteiger partial charge in [0.25, 0.3) is 0 Å². The average Bonchev–Trinajstić information content (AvgIpc) is 1.88. The van der Waals surface area contributed by atoms with E-state index in [0.717, 1.165) is 18.9 Å². The molecule has 1 heterocycles. The van der Waals surface area contributed by atoms with Crippen molar-refractivity contribution in [3.63, 3.8) is 0 Å². The molecule has 0 aliphatic carbocycles. The molecule has 0 spiro atoms.